The first-order valence-electron chi connectivity index (χ1n) is 15.3. The van der Waals surface area contributed by atoms with Gasteiger partial charge in [0, 0.05) is 34.6 Å². The van der Waals surface area contributed by atoms with Crippen molar-refractivity contribution in [3.8, 4) is 5.75 Å². The van der Waals surface area contributed by atoms with Crippen molar-refractivity contribution < 1.29 is 19.1 Å². The first-order valence-corrected chi connectivity index (χ1v) is 15.3. The van der Waals surface area contributed by atoms with E-state index in [2.05, 4.69) is 22.4 Å². The third kappa shape index (κ3) is 5.12. The van der Waals surface area contributed by atoms with Gasteiger partial charge in [-0.05, 0) is 78.9 Å². The summed E-state index contributed by atoms with van der Waals surface area (Å²) in [6.07, 6.45) is 2.09. The number of benzene rings is 4. The van der Waals surface area contributed by atoms with Gasteiger partial charge in [-0.1, -0.05) is 60.7 Å². The predicted octanol–water partition coefficient (Wildman–Crippen LogP) is 6.41. The highest BCUT2D eigenvalue weighted by molar-refractivity contribution is 6.22. The number of carbonyl (C=O) groups excluding carboxylic acids is 3. The molecule has 0 aliphatic carbocycles. The number of nitrogens with one attached hydrogen (secondary N) is 2. The van der Waals surface area contributed by atoms with E-state index in [4.69, 9.17) is 4.74 Å². The van der Waals surface area contributed by atoms with Gasteiger partial charge in [0.15, 0.2) is 0 Å². The zero-order valence-electron chi connectivity index (χ0n) is 25.2. The Labute approximate surface area is 261 Å². The molecule has 0 saturated carbocycles. The van der Waals surface area contributed by atoms with E-state index in [1.807, 2.05) is 73.7 Å². The fourth-order valence-corrected chi connectivity index (χ4v) is 6.64. The van der Waals surface area contributed by atoms with Crippen LogP contribution in [0.3, 0.4) is 0 Å². The molecule has 7 rings (SSSR count). The fraction of sp³-hybridized carbons (Fsp3) is 0.216. The number of anilines is 1. The van der Waals surface area contributed by atoms with Crippen LogP contribution < -0.4 is 15.0 Å². The third-order valence-corrected chi connectivity index (χ3v) is 8.93. The molecule has 0 bridgehead atoms. The normalized spacial score (nSPS) is 18.1. The number of nitrogens with zero attached hydrogens (tertiary/aromatic N) is 2. The number of imide groups is 1. The number of amides is 4. The van der Waals surface area contributed by atoms with Gasteiger partial charge < -0.3 is 15.0 Å². The van der Waals surface area contributed by atoms with Crippen molar-refractivity contribution in [3.63, 3.8) is 0 Å². The van der Waals surface area contributed by atoms with Crippen LogP contribution in [0, 0.1) is 0 Å². The lowest BCUT2D eigenvalue weighted by molar-refractivity contribution is -0.120. The van der Waals surface area contributed by atoms with E-state index in [1.54, 1.807) is 36.3 Å². The van der Waals surface area contributed by atoms with Gasteiger partial charge in [0.2, 0.25) is 0 Å². The summed E-state index contributed by atoms with van der Waals surface area (Å²) in [5.74, 6) is 0.197. The van der Waals surface area contributed by atoms with E-state index in [-0.39, 0.29) is 17.9 Å². The molecule has 226 valence electrons. The Hall–Kier alpha value is -5.37. The second-order valence-electron chi connectivity index (χ2n) is 11.8. The zero-order chi connectivity index (χ0) is 31.1. The standard InChI is InChI=1S/C37H34N4O4/c1-23(15-16-24-9-4-3-5-10-24)38-35(42)25-17-19-27(20-18-25)40-36(43)32-22-30-29-13-6-7-14-31(29)39-33(30)34(41(32)37(40)44)26-11-8-12-28(21-26)45-2/h3-14,17-21,23,32,34,39H,15-16,22H2,1-2H3,(H,38,42)/t23-,32-,34+/m0/s1. The molecule has 1 saturated heterocycles. The van der Waals surface area contributed by atoms with Gasteiger partial charge in [0.25, 0.3) is 11.8 Å². The Balaban J connectivity index is 1.15. The van der Waals surface area contributed by atoms with Gasteiger partial charge in [0.1, 0.15) is 17.8 Å². The number of methoxy groups -OCH3 is 1. The highest BCUT2D eigenvalue weighted by atomic mass is 16.5. The molecular weight excluding hydrogens is 564 g/mol. The average molecular weight is 599 g/mol. The Morgan fingerprint density at radius 2 is 1.71 bits per heavy atom. The smallest absolute Gasteiger partial charge is 0.332 e. The summed E-state index contributed by atoms with van der Waals surface area (Å²) >= 11 is 0. The number of aromatic amines is 1. The highest BCUT2D eigenvalue weighted by Crippen LogP contribution is 2.45. The number of aromatic nitrogens is 1. The lowest BCUT2D eigenvalue weighted by Gasteiger charge is -2.36. The second kappa shape index (κ2) is 11.6. The van der Waals surface area contributed by atoms with Gasteiger partial charge in [-0.25, -0.2) is 9.69 Å². The molecule has 3 atom stereocenters. The van der Waals surface area contributed by atoms with E-state index < -0.39 is 18.1 Å². The van der Waals surface area contributed by atoms with Crippen molar-refractivity contribution in [2.75, 3.05) is 12.0 Å². The topological polar surface area (TPSA) is 94.7 Å². The number of hydrogen-bond acceptors (Lipinski definition) is 4. The Morgan fingerprint density at radius 1 is 0.956 bits per heavy atom. The molecule has 0 unspecified atom stereocenters. The number of rotatable bonds is 8. The second-order valence-corrected chi connectivity index (χ2v) is 11.8. The molecule has 0 spiro atoms. The van der Waals surface area contributed by atoms with Crippen LogP contribution in [-0.2, 0) is 17.6 Å². The van der Waals surface area contributed by atoms with Gasteiger partial charge >= 0.3 is 6.03 Å². The minimum absolute atomic E-state index is 0.0169. The van der Waals surface area contributed by atoms with Crippen LogP contribution in [0.4, 0.5) is 10.5 Å². The monoisotopic (exact) mass is 598 g/mol. The lowest BCUT2D eigenvalue weighted by atomic mass is 9.89. The van der Waals surface area contributed by atoms with Crippen LogP contribution in [-0.4, -0.2) is 46.9 Å². The molecule has 4 aromatic carbocycles. The van der Waals surface area contributed by atoms with Crippen LogP contribution >= 0.6 is 0 Å². The summed E-state index contributed by atoms with van der Waals surface area (Å²) in [6.45, 7) is 1.99. The molecular formula is C37H34N4O4. The maximum absolute atomic E-state index is 14.2. The van der Waals surface area contributed by atoms with E-state index in [1.165, 1.54) is 10.5 Å². The van der Waals surface area contributed by atoms with Crippen molar-refractivity contribution in [2.45, 2.75) is 44.3 Å². The molecule has 3 heterocycles. The molecule has 8 nitrogen and oxygen atoms in total. The molecule has 0 radical (unpaired) electrons. The molecule has 5 aromatic rings. The minimum Gasteiger partial charge on any atom is -0.497 e. The Bertz CT molecular complexity index is 1900. The first-order chi connectivity index (χ1) is 21.9. The van der Waals surface area contributed by atoms with Gasteiger partial charge in [-0.2, -0.15) is 0 Å². The zero-order valence-corrected chi connectivity index (χ0v) is 25.2. The largest absolute Gasteiger partial charge is 0.497 e. The number of H-pyrrole nitrogens is 1. The quantitative estimate of drug-likeness (QED) is 0.202. The summed E-state index contributed by atoms with van der Waals surface area (Å²) < 4.78 is 5.51. The van der Waals surface area contributed by atoms with E-state index >= 15 is 0 Å². The predicted molar refractivity (Wildman–Crippen MR) is 173 cm³/mol. The Morgan fingerprint density at radius 3 is 2.49 bits per heavy atom. The third-order valence-electron chi connectivity index (χ3n) is 8.93. The molecule has 45 heavy (non-hydrogen) atoms. The van der Waals surface area contributed by atoms with Crippen LogP contribution in [0.5, 0.6) is 5.75 Å². The number of urea groups is 1. The number of aryl methyl sites for hydroxylation is 1. The molecule has 2 N–H and O–H groups in total. The van der Waals surface area contributed by atoms with Crippen molar-refractivity contribution in [1.29, 1.82) is 0 Å². The maximum Gasteiger partial charge on any atom is 0.332 e. The van der Waals surface area contributed by atoms with Gasteiger partial charge in [-0.15, -0.1) is 0 Å². The molecule has 1 aromatic heterocycles. The molecule has 1 fully saturated rings. The fourth-order valence-electron chi connectivity index (χ4n) is 6.64. The van der Waals surface area contributed by atoms with Crippen LogP contribution in [0.2, 0.25) is 0 Å². The van der Waals surface area contributed by atoms with Crippen molar-refractivity contribution in [1.82, 2.24) is 15.2 Å². The van der Waals surface area contributed by atoms with Crippen molar-refractivity contribution in [3.05, 3.63) is 131 Å². The van der Waals surface area contributed by atoms with E-state index in [0.29, 0.717) is 23.4 Å². The number of carbonyl (C=O) groups is 3. The maximum atomic E-state index is 14.2. The number of hydrogen-bond donors (Lipinski definition) is 2. The van der Waals surface area contributed by atoms with Crippen molar-refractivity contribution in [2.24, 2.45) is 0 Å². The van der Waals surface area contributed by atoms with Crippen LogP contribution in [0.15, 0.2) is 103 Å². The molecule has 2 aliphatic rings. The summed E-state index contributed by atoms with van der Waals surface area (Å²) in [5, 5.41) is 4.11. The first kappa shape index (κ1) is 28.4. The van der Waals surface area contributed by atoms with Crippen LogP contribution in [0.1, 0.15) is 52.1 Å². The highest BCUT2D eigenvalue weighted by Gasteiger charge is 2.53. The van der Waals surface area contributed by atoms with E-state index in [0.717, 1.165) is 40.6 Å². The number of para-hydroxylation sites is 1. The van der Waals surface area contributed by atoms with Gasteiger partial charge in [-0.3, -0.25) is 14.5 Å². The minimum atomic E-state index is -0.672. The number of fused-ring (bicyclic) bond motifs is 4. The van der Waals surface area contributed by atoms with Gasteiger partial charge in [0.05, 0.1) is 12.8 Å². The molecule has 8 heteroatoms. The SMILES string of the molecule is COc1cccc([C@@H]2c3[nH]c4ccccc4c3C[C@H]3C(=O)N(c4ccc(C(=O)N[C@@H](C)CCc5ccccc5)cc4)C(=O)N23)c1. The summed E-state index contributed by atoms with van der Waals surface area (Å²) in [7, 11) is 1.61. The number of ether oxygens (including phenoxy) is 1. The van der Waals surface area contributed by atoms with Crippen molar-refractivity contribution >= 4 is 34.4 Å². The van der Waals surface area contributed by atoms with Crippen LogP contribution in [0.25, 0.3) is 10.9 Å². The Kier molecular flexibility index (Phi) is 7.33. The van der Waals surface area contributed by atoms with E-state index in [9.17, 15) is 14.4 Å². The lowest BCUT2D eigenvalue weighted by Crippen LogP contribution is -2.44. The average Bonchev–Trinajstić information content (AvgIpc) is 3.57. The molecule has 2 aliphatic heterocycles. The summed E-state index contributed by atoms with van der Waals surface area (Å²) in [4.78, 5) is 47.7. The summed E-state index contributed by atoms with van der Waals surface area (Å²) in [5.41, 5.74) is 5.89. The molecule has 4 amide bonds. The summed E-state index contributed by atoms with van der Waals surface area (Å²) in [6, 6.07) is 30.9.